The Morgan fingerprint density at radius 3 is 2.73 bits per heavy atom. The minimum absolute atomic E-state index is 0.141. The predicted octanol–water partition coefficient (Wildman–Crippen LogP) is 4.79. The van der Waals surface area contributed by atoms with Gasteiger partial charge in [0, 0.05) is 18.1 Å². The molecular formula is C28H25FN6O2. The van der Waals surface area contributed by atoms with Crippen molar-refractivity contribution in [2.75, 3.05) is 18.0 Å². The van der Waals surface area contributed by atoms with Crippen LogP contribution in [0.25, 0.3) is 28.1 Å². The van der Waals surface area contributed by atoms with Gasteiger partial charge < -0.3 is 15.0 Å². The second kappa shape index (κ2) is 9.85. The summed E-state index contributed by atoms with van der Waals surface area (Å²) in [6.07, 6.45) is 0.490. The largest absolute Gasteiger partial charge is 0.445 e. The highest BCUT2D eigenvalue weighted by Gasteiger charge is 2.31. The van der Waals surface area contributed by atoms with Crippen molar-refractivity contribution in [2.45, 2.75) is 25.2 Å². The van der Waals surface area contributed by atoms with Gasteiger partial charge in [-0.3, -0.25) is 4.40 Å². The number of nitrogens with one attached hydrogen (secondary N) is 1. The van der Waals surface area contributed by atoms with Crippen LogP contribution in [0.15, 0.2) is 85.1 Å². The lowest BCUT2D eigenvalue weighted by atomic mass is 10.0. The van der Waals surface area contributed by atoms with Crippen LogP contribution < -0.4 is 10.2 Å². The second-order valence-electron chi connectivity index (χ2n) is 9.06. The highest BCUT2D eigenvalue weighted by molar-refractivity contribution is 5.92. The molecule has 1 N–H and O–H groups in total. The molecule has 1 amide bonds. The van der Waals surface area contributed by atoms with Gasteiger partial charge in [0.1, 0.15) is 18.5 Å². The van der Waals surface area contributed by atoms with Gasteiger partial charge in [0.05, 0.1) is 23.8 Å². The zero-order valence-corrected chi connectivity index (χ0v) is 20.0. The van der Waals surface area contributed by atoms with Crippen LogP contribution in [0.3, 0.4) is 0 Å². The molecule has 2 aromatic carbocycles. The lowest BCUT2D eigenvalue weighted by Gasteiger charge is -2.36. The number of para-hydroxylation sites is 1. The monoisotopic (exact) mass is 496 g/mol. The summed E-state index contributed by atoms with van der Waals surface area (Å²) in [5.41, 5.74) is 3.93. The van der Waals surface area contributed by atoms with Crippen molar-refractivity contribution in [2.24, 2.45) is 0 Å². The average Bonchev–Trinajstić information content (AvgIpc) is 3.37. The van der Waals surface area contributed by atoms with Crippen molar-refractivity contribution in [3.8, 4) is 11.5 Å². The number of benzene rings is 2. The van der Waals surface area contributed by atoms with E-state index in [1.165, 1.54) is 0 Å². The summed E-state index contributed by atoms with van der Waals surface area (Å²) in [5, 5.41) is 12.2. The van der Waals surface area contributed by atoms with Crippen molar-refractivity contribution >= 4 is 28.3 Å². The van der Waals surface area contributed by atoms with Crippen LogP contribution >= 0.6 is 0 Å². The Bertz CT molecular complexity index is 1560. The molecular weight excluding hydrogens is 471 g/mol. The number of carbonyl (C=O) groups is 1. The highest BCUT2D eigenvalue weighted by atomic mass is 19.1. The summed E-state index contributed by atoms with van der Waals surface area (Å²) in [6.45, 7) is 0.860. The van der Waals surface area contributed by atoms with Crippen LogP contribution in [0.4, 0.5) is 14.9 Å². The number of nitrogens with zero attached hydrogens (tertiary/aromatic N) is 5. The number of halogens is 1. The summed E-state index contributed by atoms with van der Waals surface area (Å²) in [5.74, 6) is 0.646. The zero-order valence-electron chi connectivity index (χ0n) is 20.0. The fourth-order valence-electron chi connectivity index (χ4n) is 4.73. The van der Waals surface area contributed by atoms with E-state index in [1.54, 1.807) is 0 Å². The Labute approximate surface area is 212 Å². The zero-order chi connectivity index (χ0) is 25.2. The van der Waals surface area contributed by atoms with E-state index < -0.39 is 18.3 Å². The van der Waals surface area contributed by atoms with Gasteiger partial charge in [-0.1, -0.05) is 54.6 Å². The SMILES string of the molecule is O=C(N[C@H]1CCN(c2cccc3ccc(-c4nnc5ccccn45)nc23)C[C@H]1F)OCc1ccccc1. The third-order valence-corrected chi connectivity index (χ3v) is 6.64. The molecule has 0 unspecified atom stereocenters. The number of rotatable bonds is 5. The van der Waals surface area contributed by atoms with Crippen molar-refractivity contribution < 1.29 is 13.9 Å². The van der Waals surface area contributed by atoms with E-state index in [-0.39, 0.29) is 13.2 Å². The Morgan fingerprint density at radius 2 is 1.86 bits per heavy atom. The number of pyridine rings is 2. The molecule has 2 atom stereocenters. The van der Waals surface area contributed by atoms with Gasteiger partial charge >= 0.3 is 6.09 Å². The van der Waals surface area contributed by atoms with Crippen molar-refractivity contribution in [1.82, 2.24) is 24.9 Å². The van der Waals surface area contributed by atoms with Crippen molar-refractivity contribution in [3.05, 3.63) is 90.6 Å². The molecule has 1 fully saturated rings. The van der Waals surface area contributed by atoms with E-state index in [0.29, 0.717) is 24.5 Å². The predicted molar refractivity (Wildman–Crippen MR) is 139 cm³/mol. The van der Waals surface area contributed by atoms with Crippen molar-refractivity contribution in [3.63, 3.8) is 0 Å². The molecule has 186 valence electrons. The van der Waals surface area contributed by atoms with E-state index in [4.69, 9.17) is 9.72 Å². The highest BCUT2D eigenvalue weighted by Crippen LogP contribution is 2.30. The fourth-order valence-corrected chi connectivity index (χ4v) is 4.73. The summed E-state index contributed by atoms with van der Waals surface area (Å²) >= 11 is 0. The topological polar surface area (TPSA) is 84.7 Å². The molecule has 0 saturated carbocycles. The summed E-state index contributed by atoms with van der Waals surface area (Å²) < 4.78 is 22.4. The number of fused-ring (bicyclic) bond motifs is 2. The molecule has 0 spiro atoms. The Hall–Kier alpha value is -4.53. The van der Waals surface area contributed by atoms with Crippen LogP contribution in [0.1, 0.15) is 12.0 Å². The van der Waals surface area contributed by atoms with Gasteiger partial charge in [0.15, 0.2) is 11.5 Å². The van der Waals surface area contributed by atoms with E-state index in [9.17, 15) is 4.79 Å². The summed E-state index contributed by atoms with van der Waals surface area (Å²) in [6, 6.07) is 24.3. The number of piperidine rings is 1. The van der Waals surface area contributed by atoms with Gasteiger partial charge in [0.2, 0.25) is 0 Å². The van der Waals surface area contributed by atoms with Gasteiger partial charge in [-0.2, -0.15) is 0 Å². The average molecular weight is 497 g/mol. The number of hydrogen-bond donors (Lipinski definition) is 1. The number of anilines is 1. The van der Waals surface area contributed by atoms with Gasteiger partial charge in [-0.05, 0) is 36.2 Å². The van der Waals surface area contributed by atoms with Gasteiger partial charge in [-0.25, -0.2) is 14.2 Å². The molecule has 8 nitrogen and oxygen atoms in total. The first-order chi connectivity index (χ1) is 18.2. The van der Waals surface area contributed by atoms with Crippen LogP contribution in [-0.2, 0) is 11.3 Å². The van der Waals surface area contributed by atoms with Crippen molar-refractivity contribution in [1.29, 1.82) is 0 Å². The molecule has 0 bridgehead atoms. The summed E-state index contributed by atoms with van der Waals surface area (Å²) in [4.78, 5) is 19.2. The Balaban J connectivity index is 1.18. The Kier molecular flexibility index (Phi) is 6.10. The number of ether oxygens (including phenoxy) is 1. The number of alkyl carbamates (subject to hydrolysis) is 1. The third-order valence-electron chi connectivity index (χ3n) is 6.64. The molecule has 0 aliphatic carbocycles. The first-order valence-corrected chi connectivity index (χ1v) is 12.2. The number of hydrogen-bond acceptors (Lipinski definition) is 6. The standard InChI is InChI=1S/C28H25FN6O2/c29-21-17-34(16-14-22(21)31-28(36)37-18-19-7-2-1-3-8-19)24-10-6-9-20-12-13-23(30-26(20)24)27-33-32-25-11-4-5-15-35(25)27/h1-13,15,21-22H,14,16-18H2,(H,31,36)/t21-,22+/m1/s1. The van der Waals surface area contributed by atoms with Crippen LogP contribution in [0.2, 0.25) is 0 Å². The minimum Gasteiger partial charge on any atom is -0.445 e. The lowest BCUT2D eigenvalue weighted by molar-refractivity contribution is 0.124. The molecule has 0 radical (unpaired) electrons. The number of aromatic nitrogens is 4. The van der Waals surface area contributed by atoms with E-state index in [1.807, 2.05) is 94.4 Å². The molecule has 1 saturated heterocycles. The van der Waals surface area contributed by atoms with E-state index in [0.717, 1.165) is 27.8 Å². The minimum atomic E-state index is -1.25. The van der Waals surface area contributed by atoms with Crippen LogP contribution in [0, 0.1) is 0 Å². The molecule has 4 heterocycles. The third kappa shape index (κ3) is 4.67. The number of amides is 1. The summed E-state index contributed by atoms with van der Waals surface area (Å²) in [7, 11) is 0. The Morgan fingerprint density at radius 1 is 1.00 bits per heavy atom. The molecule has 3 aromatic heterocycles. The van der Waals surface area contributed by atoms with E-state index >= 15 is 4.39 Å². The smallest absolute Gasteiger partial charge is 0.407 e. The first-order valence-electron chi connectivity index (χ1n) is 12.2. The first kappa shape index (κ1) is 22.9. The normalized spacial score (nSPS) is 17.7. The van der Waals surface area contributed by atoms with Gasteiger partial charge in [-0.15, -0.1) is 10.2 Å². The molecule has 5 aromatic rings. The second-order valence-corrected chi connectivity index (χ2v) is 9.06. The molecule has 1 aliphatic heterocycles. The fraction of sp³-hybridized carbons (Fsp3) is 0.214. The van der Waals surface area contributed by atoms with E-state index in [2.05, 4.69) is 15.5 Å². The lowest BCUT2D eigenvalue weighted by Crippen LogP contribution is -2.52. The maximum Gasteiger partial charge on any atom is 0.407 e. The maximum absolute atomic E-state index is 15.2. The number of alkyl halides is 1. The molecule has 6 rings (SSSR count). The van der Waals surface area contributed by atoms with Crippen LogP contribution in [0.5, 0.6) is 0 Å². The quantitative estimate of drug-likeness (QED) is 0.377. The molecule has 37 heavy (non-hydrogen) atoms. The van der Waals surface area contributed by atoms with Crippen LogP contribution in [-0.4, -0.2) is 51.0 Å². The number of carbonyl (C=O) groups excluding carboxylic acids is 1. The maximum atomic E-state index is 15.2. The van der Waals surface area contributed by atoms with Gasteiger partial charge in [0.25, 0.3) is 0 Å². The molecule has 1 aliphatic rings. The molecule has 9 heteroatoms.